The van der Waals surface area contributed by atoms with E-state index in [4.69, 9.17) is 0 Å². The van der Waals surface area contributed by atoms with E-state index >= 15 is 0 Å². The van der Waals surface area contributed by atoms with Crippen LogP contribution in [-0.2, 0) is 5.41 Å². The number of allylic oxidation sites excluding steroid dienone is 4. The maximum atomic E-state index is 13.5. The predicted molar refractivity (Wildman–Crippen MR) is 197 cm³/mol. The quantitative estimate of drug-likeness (QED) is 0.135. The summed E-state index contributed by atoms with van der Waals surface area (Å²) < 4.78 is 4.66. The largest absolute Gasteiger partial charge is 0.288 e. The third kappa shape index (κ3) is 3.69. The van der Waals surface area contributed by atoms with Crippen molar-refractivity contribution in [1.82, 2.24) is 0 Å². The first kappa shape index (κ1) is 28.0. The molecule has 0 unspecified atom stereocenters. The summed E-state index contributed by atoms with van der Waals surface area (Å²) in [5, 5.41) is 3.78. The highest BCUT2D eigenvalue weighted by Crippen LogP contribution is 2.55. The van der Waals surface area contributed by atoms with Crippen LogP contribution in [-0.4, -0.2) is 23.1 Å². The minimum Gasteiger partial charge on any atom is -0.288 e. The van der Waals surface area contributed by atoms with Crippen molar-refractivity contribution in [3.8, 4) is 0 Å². The lowest BCUT2D eigenvalue weighted by atomic mass is 9.81. The Morgan fingerprint density at radius 1 is 0.542 bits per heavy atom. The third-order valence-corrected chi connectivity index (χ3v) is 13.8. The van der Waals surface area contributed by atoms with Gasteiger partial charge in [-0.2, -0.15) is 0 Å². The Balaban J connectivity index is 1.01. The van der Waals surface area contributed by atoms with Gasteiger partial charge < -0.3 is 0 Å². The monoisotopic (exact) mass is 674 g/mol. The van der Waals surface area contributed by atoms with E-state index in [-0.39, 0.29) is 34.3 Å². The molecule has 0 saturated heterocycles. The number of benzene rings is 4. The molecule has 0 N–H and O–H groups in total. The first-order valence-corrected chi connectivity index (χ1v) is 18.0. The van der Waals surface area contributed by atoms with Crippen molar-refractivity contribution < 1.29 is 19.2 Å². The Morgan fingerprint density at radius 2 is 1.02 bits per heavy atom. The number of fused-ring (bicyclic) bond motifs is 9. The van der Waals surface area contributed by atoms with Crippen LogP contribution in [0.2, 0.25) is 0 Å². The number of thiophene rings is 3. The molecule has 0 radical (unpaired) electrons. The SMILES string of the molecule is CC1(C)C(C=C2C(=O)c3cc4ccccc4cc3C2=O)=Cc2sc3c(sc4cc(C=C5C(=O)c6cc7ccccc7cc6C5=O)sc43)c21. The Hall–Kier alpha value is -5.08. The van der Waals surface area contributed by atoms with E-state index in [1.807, 2.05) is 78.9 Å². The zero-order chi connectivity index (χ0) is 32.6. The molecule has 3 heterocycles. The molecule has 48 heavy (non-hydrogen) atoms. The molecular weight excluding hydrogens is 653 g/mol. The summed E-state index contributed by atoms with van der Waals surface area (Å²) in [5.74, 6) is -0.873. The van der Waals surface area contributed by atoms with Gasteiger partial charge in [0.2, 0.25) is 0 Å². The average molecular weight is 675 g/mol. The molecule has 0 saturated carbocycles. The minimum absolute atomic E-state index is 0.215. The summed E-state index contributed by atoms with van der Waals surface area (Å²) in [4.78, 5) is 55.8. The number of hydrogen-bond acceptors (Lipinski definition) is 7. The normalized spacial score (nSPS) is 16.5. The molecule has 4 aromatic carbocycles. The number of carbonyl (C=O) groups is 4. The number of hydrogen-bond donors (Lipinski definition) is 0. The standard InChI is InChI=1S/C41H22O4S3/c1-41(2)23(15-29-34(42)25-11-19-7-3-4-8-20(19)12-26(25)35(29)43)16-31-33(41)39-40(47-31)38-32(48-39)18-24(46-38)17-30-36(44)27-13-21-9-5-6-10-22(21)14-28(27)37(30)45/h3-18H,1-2H3. The Labute approximate surface area is 285 Å². The topological polar surface area (TPSA) is 68.3 Å². The smallest absolute Gasteiger partial charge is 0.197 e. The number of Topliss-reactive ketones (excluding diaryl/α,β-unsaturated/α-hetero) is 4. The van der Waals surface area contributed by atoms with E-state index < -0.39 is 5.41 Å². The molecule has 0 atom stereocenters. The summed E-state index contributed by atoms with van der Waals surface area (Å²) in [7, 11) is 0. The lowest BCUT2D eigenvalue weighted by molar-refractivity contribution is 0.0974. The van der Waals surface area contributed by atoms with Gasteiger partial charge in [-0.15, -0.1) is 34.0 Å². The predicted octanol–water partition coefficient (Wildman–Crippen LogP) is 10.6. The molecule has 0 amide bonds. The van der Waals surface area contributed by atoms with E-state index in [1.54, 1.807) is 40.1 Å². The molecule has 4 nitrogen and oxygen atoms in total. The van der Waals surface area contributed by atoms with Gasteiger partial charge in [0.25, 0.3) is 0 Å². The number of rotatable bonds is 2. The second kappa shape index (κ2) is 9.51. The molecule has 10 rings (SSSR count). The van der Waals surface area contributed by atoms with Crippen LogP contribution in [0, 0.1) is 0 Å². The molecule has 3 aliphatic rings. The van der Waals surface area contributed by atoms with Gasteiger partial charge in [-0.25, -0.2) is 0 Å². The summed E-state index contributed by atoms with van der Waals surface area (Å²) in [6.45, 7) is 4.31. The summed E-state index contributed by atoms with van der Waals surface area (Å²) in [6, 6.07) is 25.0. The molecule has 228 valence electrons. The molecule has 7 heteroatoms. The molecular formula is C41H22O4S3. The lowest BCUT2D eigenvalue weighted by Crippen LogP contribution is -2.16. The van der Waals surface area contributed by atoms with Crippen molar-refractivity contribution in [2.45, 2.75) is 19.3 Å². The molecule has 3 aliphatic carbocycles. The fourth-order valence-corrected chi connectivity index (χ4v) is 11.9. The van der Waals surface area contributed by atoms with Gasteiger partial charge >= 0.3 is 0 Å². The van der Waals surface area contributed by atoms with Crippen LogP contribution in [0.4, 0.5) is 0 Å². The number of ketones is 4. The minimum atomic E-state index is -0.406. The lowest BCUT2D eigenvalue weighted by Gasteiger charge is -2.22. The van der Waals surface area contributed by atoms with E-state index in [9.17, 15) is 19.2 Å². The highest BCUT2D eigenvalue weighted by atomic mass is 32.1. The van der Waals surface area contributed by atoms with E-state index in [0.717, 1.165) is 46.3 Å². The van der Waals surface area contributed by atoms with Crippen molar-refractivity contribution in [1.29, 1.82) is 0 Å². The van der Waals surface area contributed by atoms with Crippen molar-refractivity contribution in [2.75, 3.05) is 0 Å². The molecule has 0 spiro atoms. The molecule has 0 aliphatic heterocycles. The Morgan fingerprint density at radius 3 is 1.52 bits per heavy atom. The molecule has 0 fully saturated rings. The van der Waals surface area contributed by atoms with Crippen LogP contribution < -0.4 is 0 Å². The Kier molecular flexibility index (Phi) is 5.54. The molecule has 0 bridgehead atoms. The van der Waals surface area contributed by atoms with E-state index in [1.165, 1.54) is 15.0 Å². The highest BCUT2D eigenvalue weighted by molar-refractivity contribution is 7.39. The van der Waals surface area contributed by atoms with Gasteiger partial charge in [0.05, 0.1) is 25.2 Å². The highest BCUT2D eigenvalue weighted by Gasteiger charge is 2.40. The van der Waals surface area contributed by atoms with Gasteiger partial charge in [-0.1, -0.05) is 62.4 Å². The third-order valence-electron chi connectivity index (χ3n) is 9.98. The van der Waals surface area contributed by atoms with Gasteiger partial charge in [0.1, 0.15) is 0 Å². The van der Waals surface area contributed by atoms with Crippen molar-refractivity contribution in [3.63, 3.8) is 0 Å². The second-order valence-electron chi connectivity index (χ2n) is 13.1. The van der Waals surface area contributed by atoms with Crippen molar-refractivity contribution >= 4 is 110 Å². The fraction of sp³-hybridized carbons (Fsp3) is 0.0732. The number of carbonyl (C=O) groups excluding carboxylic acids is 4. The maximum Gasteiger partial charge on any atom is 0.197 e. The average Bonchev–Trinajstić information content (AvgIpc) is 3.87. The first-order chi connectivity index (χ1) is 23.2. The van der Waals surface area contributed by atoms with Crippen LogP contribution >= 0.6 is 34.0 Å². The van der Waals surface area contributed by atoms with Crippen LogP contribution in [0.3, 0.4) is 0 Å². The summed E-state index contributed by atoms with van der Waals surface area (Å²) >= 11 is 5.03. The van der Waals surface area contributed by atoms with Gasteiger partial charge in [-0.05, 0) is 81.2 Å². The van der Waals surface area contributed by atoms with Gasteiger partial charge in [0, 0.05) is 42.1 Å². The maximum absolute atomic E-state index is 13.5. The van der Waals surface area contributed by atoms with Gasteiger partial charge in [0.15, 0.2) is 23.1 Å². The van der Waals surface area contributed by atoms with Crippen LogP contribution in [0.5, 0.6) is 0 Å². The summed E-state index contributed by atoms with van der Waals surface area (Å²) in [6.07, 6.45) is 5.69. The van der Waals surface area contributed by atoms with Crippen molar-refractivity contribution in [2.24, 2.45) is 0 Å². The molecule has 3 aromatic heterocycles. The van der Waals surface area contributed by atoms with Crippen LogP contribution in [0.25, 0.3) is 52.5 Å². The van der Waals surface area contributed by atoms with Gasteiger partial charge in [-0.3, -0.25) is 19.2 Å². The van der Waals surface area contributed by atoms with E-state index in [0.29, 0.717) is 22.3 Å². The fourth-order valence-electron chi connectivity index (χ4n) is 7.45. The Bertz CT molecular complexity index is 2710. The van der Waals surface area contributed by atoms with Crippen molar-refractivity contribution in [3.05, 3.63) is 139 Å². The molecule has 7 aromatic rings. The zero-order valence-electron chi connectivity index (χ0n) is 25.6. The summed E-state index contributed by atoms with van der Waals surface area (Å²) in [5.41, 5.74) is 4.09. The van der Waals surface area contributed by atoms with E-state index in [2.05, 4.69) is 26.0 Å². The van der Waals surface area contributed by atoms with Crippen LogP contribution in [0.15, 0.2) is 102 Å². The zero-order valence-corrected chi connectivity index (χ0v) is 28.0. The van der Waals surface area contributed by atoms with Crippen LogP contribution in [0.1, 0.15) is 70.6 Å². The second-order valence-corrected chi connectivity index (χ2v) is 16.3. The first-order valence-electron chi connectivity index (χ1n) is 15.6.